The molecule has 1 heterocycles. The Balaban J connectivity index is 2.11. The molecule has 1 unspecified atom stereocenters. The number of fused-ring (bicyclic) bond motifs is 1. The maximum Gasteiger partial charge on any atom is 0.128 e. The van der Waals surface area contributed by atoms with Crippen molar-refractivity contribution in [2.24, 2.45) is 0 Å². The normalized spacial score (nSPS) is 22.5. The van der Waals surface area contributed by atoms with Gasteiger partial charge < -0.3 is 14.7 Å². The zero-order chi connectivity index (χ0) is 15.0. The van der Waals surface area contributed by atoms with Gasteiger partial charge in [-0.2, -0.15) is 5.48 Å². The molecule has 0 saturated heterocycles. The Labute approximate surface area is 126 Å². The van der Waals surface area contributed by atoms with Crippen LogP contribution in [-0.4, -0.2) is 17.8 Å². The van der Waals surface area contributed by atoms with E-state index in [0.717, 1.165) is 54.5 Å². The third kappa shape index (κ3) is 2.30. The van der Waals surface area contributed by atoms with E-state index in [2.05, 4.69) is 19.3 Å². The highest BCUT2D eigenvalue weighted by atomic mass is 16.6. The third-order valence-electron chi connectivity index (χ3n) is 5.00. The highest BCUT2D eigenvalue weighted by molar-refractivity contribution is 5.56. The molecule has 21 heavy (non-hydrogen) atoms. The Bertz CT molecular complexity index is 537. The third-order valence-corrected chi connectivity index (χ3v) is 5.00. The van der Waals surface area contributed by atoms with E-state index in [1.807, 2.05) is 6.07 Å². The highest BCUT2D eigenvalue weighted by Gasteiger charge is 2.46. The molecule has 2 N–H and O–H groups in total. The summed E-state index contributed by atoms with van der Waals surface area (Å²) in [6, 6.07) is 1.94. The van der Waals surface area contributed by atoms with Crippen molar-refractivity contribution < 1.29 is 14.7 Å². The van der Waals surface area contributed by atoms with Gasteiger partial charge in [0.1, 0.15) is 17.1 Å². The van der Waals surface area contributed by atoms with Gasteiger partial charge >= 0.3 is 0 Å². The molecule has 4 nitrogen and oxygen atoms in total. The van der Waals surface area contributed by atoms with Crippen LogP contribution in [0.3, 0.4) is 0 Å². The quantitative estimate of drug-likeness (QED) is 0.835. The maximum absolute atomic E-state index is 10.3. The fraction of sp³-hybridized carbons (Fsp3) is 0.647. The summed E-state index contributed by atoms with van der Waals surface area (Å²) in [6.45, 7) is 4.20. The predicted molar refractivity (Wildman–Crippen MR) is 81.6 cm³/mol. The Morgan fingerprint density at radius 1 is 1.33 bits per heavy atom. The molecule has 0 aromatic heterocycles. The average Bonchev–Trinajstić information content (AvgIpc) is 2.44. The minimum absolute atomic E-state index is 0.0326. The fourth-order valence-electron chi connectivity index (χ4n) is 3.78. The molecule has 0 bridgehead atoms. The van der Waals surface area contributed by atoms with Crippen molar-refractivity contribution in [2.75, 3.05) is 7.11 Å². The van der Waals surface area contributed by atoms with Crippen molar-refractivity contribution in [1.29, 1.82) is 0 Å². The van der Waals surface area contributed by atoms with Crippen molar-refractivity contribution in [1.82, 2.24) is 5.48 Å². The lowest BCUT2D eigenvalue weighted by molar-refractivity contribution is -0.0605. The van der Waals surface area contributed by atoms with Crippen LogP contribution in [-0.2, 0) is 17.7 Å². The molecule has 1 saturated carbocycles. The van der Waals surface area contributed by atoms with E-state index in [-0.39, 0.29) is 11.6 Å². The minimum Gasteiger partial charge on any atom is -0.508 e. The molecule has 116 valence electrons. The Kier molecular flexibility index (Phi) is 3.84. The lowest BCUT2D eigenvalue weighted by Crippen LogP contribution is -2.49. The van der Waals surface area contributed by atoms with E-state index in [9.17, 15) is 5.11 Å². The van der Waals surface area contributed by atoms with Crippen LogP contribution < -0.4 is 10.2 Å². The lowest BCUT2D eigenvalue weighted by Gasteiger charge is -2.48. The summed E-state index contributed by atoms with van der Waals surface area (Å²) >= 11 is 0. The molecule has 1 aliphatic heterocycles. The van der Waals surface area contributed by atoms with Crippen LogP contribution in [0.2, 0.25) is 0 Å². The summed E-state index contributed by atoms with van der Waals surface area (Å²) in [7, 11) is 1.64. The van der Waals surface area contributed by atoms with Gasteiger partial charge in [-0.15, -0.1) is 0 Å². The molecule has 4 heteroatoms. The number of benzene rings is 1. The molecule has 1 fully saturated rings. The van der Waals surface area contributed by atoms with Crippen LogP contribution in [0.4, 0.5) is 0 Å². The van der Waals surface area contributed by atoms with E-state index >= 15 is 0 Å². The van der Waals surface area contributed by atoms with Crippen molar-refractivity contribution in [3.63, 3.8) is 0 Å². The first kappa shape index (κ1) is 14.7. The van der Waals surface area contributed by atoms with E-state index < -0.39 is 0 Å². The second kappa shape index (κ2) is 5.50. The molecule has 0 radical (unpaired) electrons. The van der Waals surface area contributed by atoms with E-state index in [1.54, 1.807) is 7.11 Å². The largest absolute Gasteiger partial charge is 0.508 e. The second-order valence-corrected chi connectivity index (χ2v) is 6.20. The minimum atomic E-state index is -0.0326. The summed E-state index contributed by atoms with van der Waals surface area (Å²) in [6.07, 6.45) is 6.05. The molecule has 1 aromatic carbocycles. The molecule has 1 atom stereocenters. The molecule has 1 aliphatic carbocycles. The van der Waals surface area contributed by atoms with Crippen LogP contribution >= 0.6 is 0 Å². The van der Waals surface area contributed by atoms with Crippen molar-refractivity contribution in [3.05, 3.63) is 22.8 Å². The number of hydrogen-bond donors (Lipinski definition) is 2. The van der Waals surface area contributed by atoms with E-state index in [4.69, 9.17) is 9.57 Å². The average molecular weight is 291 g/mol. The van der Waals surface area contributed by atoms with E-state index in [1.165, 1.54) is 6.42 Å². The summed E-state index contributed by atoms with van der Waals surface area (Å²) in [4.78, 5) is 5.18. The molecule has 2 aliphatic rings. The SMILES string of the molecule is CCc1c(O)cc2c(c1CC)OC1(CCC1)CC2NOC. The number of hydrogen-bond acceptors (Lipinski definition) is 4. The van der Waals surface area contributed by atoms with Crippen LogP contribution in [0.15, 0.2) is 6.07 Å². The Morgan fingerprint density at radius 3 is 2.57 bits per heavy atom. The first-order chi connectivity index (χ1) is 10.1. The molecule has 3 rings (SSSR count). The van der Waals surface area contributed by atoms with Gasteiger partial charge in [0.25, 0.3) is 0 Å². The predicted octanol–water partition coefficient (Wildman–Crippen LogP) is 3.41. The maximum atomic E-state index is 10.3. The Hall–Kier alpha value is -1.26. The van der Waals surface area contributed by atoms with Gasteiger partial charge in [-0.1, -0.05) is 13.8 Å². The molecule has 1 aromatic rings. The zero-order valence-electron chi connectivity index (χ0n) is 13.2. The van der Waals surface area contributed by atoms with Gasteiger partial charge in [0.2, 0.25) is 0 Å². The molecular formula is C17H25NO3. The zero-order valence-corrected chi connectivity index (χ0v) is 13.2. The first-order valence-corrected chi connectivity index (χ1v) is 7.99. The van der Waals surface area contributed by atoms with Crippen molar-refractivity contribution >= 4 is 0 Å². The molecule has 1 spiro atoms. The van der Waals surface area contributed by atoms with Crippen LogP contribution in [0, 0.1) is 0 Å². The topological polar surface area (TPSA) is 50.7 Å². The van der Waals surface area contributed by atoms with Gasteiger partial charge in [-0.05, 0) is 38.2 Å². The fourth-order valence-corrected chi connectivity index (χ4v) is 3.78. The Morgan fingerprint density at radius 2 is 2.05 bits per heavy atom. The standard InChI is InChI=1S/C17H25NO3/c1-4-11-12(5-2)16-13(9-15(11)19)14(18-20-3)10-17(21-16)7-6-8-17/h9,14,18-19H,4-8,10H2,1-3H3. The van der Waals surface area contributed by atoms with Crippen LogP contribution in [0.25, 0.3) is 0 Å². The smallest absolute Gasteiger partial charge is 0.128 e. The lowest BCUT2D eigenvalue weighted by atomic mass is 9.72. The van der Waals surface area contributed by atoms with Gasteiger partial charge in [0.15, 0.2) is 0 Å². The number of ether oxygens (including phenoxy) is 1. The van der Waals surface area contributed by atoms with Crippen molar-refractivity contribution in [2.45, 2.75) is 64.0 Å². The van der Waals surface area contributed by atoms with Gasteiger partial charge in [-0.3, -0.25) is 0 Å². The number of hydroxylamine groups is 1. The second-order valence-electron chi connectivity index (χ2n) is 6.20. The molecule has 0 amide bonds. The number of phenols is 1. The highest BCUT2D eigenvalue weighted by Crippen LogP contribution is 2.51. The first-order valence-electron chi connectivity index (χ1n) is 7.99. The molecular weight excluding hydrogens is 266 g/mol. The summed E-state index contributed by atoms with van der Waals surface area (Å²) in [5.74, 6) is 1.36. The van der Waals surface area contributed by atoms with Gasteiger partial charge in [0, 0.05) is 23.1 Å². The van der Waals surface area contributed by atoms with Crippen LogP contribution in [0.5, 0.6) is 11.5 Å². The van der Waals surface area contributed by atoms with Gasteiger partial charge in [-0.25, -0.2) is 0 Å². The number of phenolic OH excluding ortho intramolecular Hbond substituents is 1. The van der Waals surface area contributed by atoms with Gasteiger partial charge in [0.05, 0.1) is 13.2 Å². The van der Waals surface area contributed by atoms with E-state index in [0.29, 0.717) is 5.75 Å². The van der Waals surface area contributed by atoms with Crippen LogP contribution in [0.1, 0.15) is 62.3 Å². The van der Waals surface area contributed by atoms with Crippen molar-refractivity contribution in [3.8, 4) is 11.5 Å². The monoisotopic (exact) mass is 291 g/mol. The summed E-state index contributed by atoms with van der Waals surface area (Å²) in [5.41, 5.74) is 6.26. The number of aromatic hydroxyl groups is 1. The number of rotatable bonds is 4. The number of nitrogens with one attached hydrogen (secondary N) is 1. The summed E-state index contributed by atoms with van der Waals surface area (Å²) < 4.78 is 6.44. The summed E-state index contributed by atoms with van der Waals surface area (Å²) in [5, 5.41) is 10.3.